The molecule has 0 amide bonds. The molecule has 2 heteroatoms. The van der Waals surface area contributed by atoms with Crippen LogP contribution in [0.1, 0.15) is 30.4 Å². The zero-order valence-corrected chi connectivity index (χ0v) is 12.8. The Labute approximate surface area is 127 Å². The van der Waals surface area contributed by atoms with Crippen molar-refractivity contribution >= 4 is 11.4 Å². The number of likely N-dealkylation sites (tertiary alicyclic amines) is 1. The van der Waals surface area contributed by atoms with Crippen molar-refractivity contribution in [3.8, 4) is 0 Å². The molecule has 1 aliphatic heterocycles. The van der Waals surface area contributed by atoms with Crippen LogP contribution in [-0.2, 0) is 6.54 Å². The van der Waals surface area contributed by atoms with Crippen LogP contribution < -0.4 is 5.32 Å². The van der Waals surface area contributed by atoms with Crippen molar-refractivity contribution in [3.05, 3.63) is 59.7 Å². The van der Waals surface area contributed by atoms with Crippen LogP contribution in [0.3, 0.4) is 0 Å². The molecule has 0 saturated carbocycles. The Morgan fingerprint density at radius 3 is 2.43 bits per heavy atom. The van der Waals surface area contributed by atoms with Crippen LogP contribution in [0.5, 0.6) is 0 Å². The summed E-state index contributed by atoms with van der Waals surface area (Å²) in [5, 5.41) is 3.49. The van der Waals surface area contributed by atoms with Crippen LogP contribution in [0.2, 0.25) is 0 Å². The highest BCUT2D eigenvalue weighted by Crippen LogP contribution is 2.22. The highest BCUT2D eigenvalue weighted by atomic mass is 15.1. The van der Waals surface area contributed by atoms with Crippen molar-refractivity contribution in [2.24, 2.45) is 0 Å². The lowest BCUT2D eigenvalue weighted by molar-refractivity contribution is 0.221. The summed E-state index contributed by atoms with van der Waals surface area (Å²) in [7, 11) is 0. The van der Waals surface area contributed by atoms with Crippen molar-refractivity contribution in [2.45, 2.75) is 32.7 Å². The number of nitrogens with one attached hydrogen (secondary N) is 1. The second kappa shape index (κ2) is 6.77. The number of hydrogen-bond acceptors (Lipinski definition) is 2. The highest BCUT2D eigenvalue weighted by Gasteiger charge is 2.10. The maximum absolute atomic E-state index is 3.49. The maximum atomic E-state index is 3.49. The SMILES string of the molecule is Cc1cc(CN2CCCCC2)ccc1Nc1ccccc1. The number of para-hydroxylation sites is 1. The number of hydrogen-bond donors (Lipinski definition) is 1. The summed E-state index contributed by atoms with van der Waals surface area (Å²) in [5.74, 6) is 0. The summed E-state index contributed by atoms with van der Waals surface area (Å²) < 4.78 is 0. The van der Waals surface area contributed by atoms with Crippen LogP contribution in [0, 0.1) is 6.92 Å². The minimum absolute atomic E-state index is 1.09. The van der Waals surface area contributed by atoms with Gasteiger partial charge in [-0.25, -0.2) is 0 Å². The fourth-order valence-electron chi connectivity index (χ4n) is 3.02. The number of piperidine rings is 1. The van der Waals surface area contributed by atoms with Crippen molar-refractivity contribution < 1.29 is 0 Å². The number of aryl methyl sites for hydroxylation is 1. The Morgan fingerprint density at radius 1 is 0.952 bits per heavy atom. The third-order valence-electron chi connectivity index (χ3n) is 4.20. The van der Waals surface area contributed by atoms with Gasteiger partial charge in [0.25, 0.3) is 0 Å². The van der Waals surface area contributed by atoms with E-state index in [1.54, 1.807) is 0 Å². The van der Waals surface area contributed by atoms with E-state index in [4.69, 9.17) is 0 Å². The molecule has 2 nitrogen and oxygen atoms in total. The first-order chi connectivity index (χ1) is 10.3. The Morgan fingerprint density at radius 2 is 1.71 bits per heavy atom. The predicted octanol–water partition coefficient (Wildman–Crippen LogP) is 4.72. The molecular weight excluding hydrogens is 256 g/mol. The first-order valence-electron chi connectivity index (χ1n) is 7.95. The highest BCUT2D eigenvalue weighted by molar-refractivity contribution is 5.63. The quantitative estimate of drug-likeness (QED) is 0.871. The summed E-state index contributed by atoms with van der Waals surface area (Å²) in [6.07, 6.45) is 4.11. The molecule has 0 aliphatic carbocycles. The molecule has 0 unspecified atom stereocenters. The first kappa shape index (κ1) is 14.2. The second-order valence-corrected chi connectivity index (χ2v) is 5.98. The number of benzene rings is 2. The lowest BCUT2D eigenvalue weighted by Gasteiger charge is -2.26. The van der Waals surface area contributed by atoms with Gasteiger partial charge in [0.15, 0.2) is 0 Å². The fraction of sp³-hybridized carbons (Fsp3) is 0.368. The number of anilines is 2. The van der Waals surface area contributed by atoms with E-state index in [9.17, 15) is 0 Å². The Kier molecular flexibility index (Phi) is 4.56. The van der Waals surface area contributed by atoms with Gasteiger partial charge in [0.05, 0.1) is 0 Å². The number of nitrogens with zero attached hydrogens (tertiary/aromatic N) is 1. The van der Waals surface area contributed by atoms with Gasteiger partial charge in [0, 0.05) is 17.9 Å². The minimum Gasteiger partial charge on any atom is -0.355 e. The Hall–Kier alpha value is -1.80. The lowest BCUT2D eigenvalue weighted by atomic mass is 10.1. The van der Waals surface area contributed by atoms with Gasteiger partial charge in [0.1, 0.15) is 0 Å². The fourth-order valence-corrected chi connectivity index (χ4v) is 3.02. The molecule has 0 radical (unpaired) electrons. The van der Waals surface area contributed by atoms with E-state index in [-0.39, 0.29) is 0 Å². The summed E-state index contributed by atoms with van der Waals surface area (Å²) in [4.78, 5) is 2.57. The normalized spacial score (nSPS) is 15.9. The minimum atomic E-state index is 1.09. The molecule has 1 saturated heterocycles. The van der Waals surface area contributed by atoms with Gasteiger partial charge in [-0.05, 0) is 62.2 Å². The maximum Gasteiger partial charge on any atom is 0.0414 e. The van der Waals surface area contributed by atoms with Crippen LogP contribution >= 0.6 is 0 Å². The van der Waals surface area contributed by atoms with Crippen molar-refractivity contribution in [2.75, 3.05) is 18.4 Å². The molecule has 1 heterocycles. The Balaban J connectivity index is 1.67. The summed E-state index contributed by atoms with van der Waals surface area (Å²) >= 11 is 0. The van der Waals surface area contributed by atoms with Gasteiger partial charge in [-0.2, -0.15) is 0 Å². The van der Waals surface area contributed by atoms with Crippen LogP contribution in [-0.4, -0.2) is 18.0 Å². The average molecular weight is 280 g/mol. The van der Waals surface area contributed by atoms with Gasteiger partial charge in [-0.1, -0.05) is 36.8 Å². The smallest absolute Gasteiger partial charge is 0.0414 e. The van der Waals surface area contributed by atoms with E-state index in [0.29, 0.717) is 0 Å². The van der Waals surface area contributed by atoms with E-state index in [1.807, 2.05) is 6.07 Å². The molecule has 1 N–H and O–H groups in total. The zero-order chi connectivity index (χ0) is 14.5. The monoisotopic (exact) mass is 280 g/mol. The first-order valence-corrected chi connectivity index (χ1v) is 7.95. The molecule has 110 valence electrons. The van der Waals surface area contributed by atoms with E-state index in [0.717, 1.165) is 12.2 Å². The van der Waals surface area contributed by atoms with E-state index >= 15 is 0 Å². The molecule has 0 bridgehead atoms. The molecule has 21 heavy (non-hydrogen) atoms. The molecule has 2 aromatic carbocycles. The molecule has 3 rings (SSSR count). The molecule has 0 atom stereocenters. The zero-order valence-electron chi connectivity index (χ0n) is 12.8. The van der Waals surface area contributed by atoms with Crippen LogP contribution in [0.25, 0.3) is 0 Å². The van der Waals surface area contributed by atoms with Crippen LogP contribution in [0.4, 0.5) is 11.4 Å². The predicted molar refractivity (Wildman–Crippen MR) is 90.0 cm³/mol. The van der Waals surface area contributed by atoms with Crippen molar-refractivity contribution in [3.63, 3.8) is 0 Å². The molecule has 0 aromatic heterocycles. The second-order valence-electron chi connectivity index (χ2n) is 5.98. The van der Waals surface area contributed by atoms with E-state index in [2.05, 4.69) is 59.6 Å². The van der Waals surface area contributed by atoms with Gasteiger partial charge in [0.2, 0.25) is 0 Å². The lowest BCUT2D eigenvalue weighted by Crippen LogP contribution is -2.29. The van der Waals surface area contributed by atoms with E-state index in [1.165, 1.54) is 49.2 Å². The largest absolute Gasteiger partial charge is 0.355 e. The average Bonchev–Trinajstić information content (AvgIpc) is 2.52. The molecule has 2 aromatic rings. The third kappa shape index (κ3) is 3.85. The number of rotatable bonds is 4. The van der Waals surface area contributed by atoms with Gasteiger partial charge in [-0.15, -0.1) is 0 Å². The standard InChI is InChI=1S/C19H24N2/c1-16-14-17(15-21-12-6-3-7-13-21)10-11-19(16)20-18-8-4-2-5-9-18/h2,4-5,8-11,14,20H,3,6-7,12-13,15H2,1H3. The summed E-state index contributed by atoms with van der Waals surface area (Å²) in [6.45, 7) is 5.78. The summed E-state index contributed by atoms with van der Waals surface area (Å²) in [6, 6.07) is 17.1. The molecular formula is C19H24N2. The van der Waals surface area contributed by atoms with Crippen molar-refractivity contribution in [1.29, 1.82) is 0 Å². The van der Waals surface area contributed by atoms with Gasteiger partial charge >= 0.3 is 0 Å². The van der Waals surface area contributed by atoms with E-state index < -0.39 is 0 Å². The molecule has 0 spiro atoms. The third-order valence-corrected chi connectivity index (χ3v) is 4.20. The van der Waals surface area contributed by atoms with Gasteiger partial charge < -0.3 is 5.32 Å². The van der Waals surface area contributed by atoms with Crippen molar-refractivity contribution in [1.82, 2.24) is 4.90 Å². The molecule has 1 fully saturated rings. The summed E-state index contributed by atoms with van der Waals surface area (Å²) in [5.41, 5.74) is 5.08. The van der Waals surface area contributed by atoms with Gasteiger partial charge in [-0.3, -0.25) is 4.90 Å². The molecule has 1 aliphatic rings. The Bertz CT molecular complexity index is 571. The van der Waals surface area contributed by atoms with Crippen LogP contribution in [0.15, 0.2) is 48.5 Å². The topological polar surface area (TPSA) is 15.3 Å².